The van der Waals surface area contributed by atoms with Crippen molar-refractivity contribution in [3.05, 3.63) is 0 Å². The maximum Gasteiger partial charge on any atom is 0.340 e. The Morgan fingerprint density at radius 3 is 1.52 bits per heavy atom. The smallest absolute Gasteiger partial charge is 0.340 e. The number of ether oxygens (including phenoxy) is 1. The molecule has 7 nitrogen and oxygen atoms in total. The maximum absolute atomic E-state index is 10.6. The highest BCUT2D eigenvalue weighted by Gasteiger charge is 2.62. The molecule has 31 heavy (non-hydrogen) atoms. The predicted octanol–water partition coefficient (Wildman–Crippen LogP) is 4.21. The third kappa shape index (κ3) is 3.30. The molecule has 0 unspecified atom stereocenters. The molecule has 176 valence electrons. The maximum atomic E-state index is 10.6. The van der Waals surface area contributed by atoms with Gasteiger partial charge in [-0.2, -0.15) is 0 Å². The number of rotatable bonds is 3. The Labute approximate surface area is 189 Å². The van der Waals surface area contributed by atoms with Crippen molar-refractivity contribution < 1.29 is 9.84 Å². The molecular formula is C24H45N5O2+2. The third-order valence-electron chi connectivity index (χ3n) is 9.46. The van der Waals surface area contributed by atoms with E-state index in [2.05, 4.69) is 69.5 Å². The normalized spacial score (nSPS) is 33.0. The SMILES string of the molecule is COc1nc([N+]2(C)C(C)(C)CCCC2(C)C)nc([N+]2(C)C(C)(C)CC(O)CC2(C)C)n1. The molecule has 0 amide bonds. The van der Waals surface area contributed by atoms with E-state index >= 15 is 0 Å². The zero-order chi connectivity index (χ0) is 23.7. The zero-order valence-corrected chi connectivity index (χ0v) is 21.7. The summed E-state index contributed by atoms with van der Waals surface area (Å²) in [4.78, 5) is 14.9. The van der Waals surface area contributed by atoms with Crippen molar-refractivity contribution >= 4 is 11.9 Å². The first-order valence-electron chi connectivity index (χ1n) is 11.7. The van der Waals surface area contributed by atoms with E-state index < -0.39 is 0 Å². The summed E-state index contributed by atoms with van der Waals surface area (Å²) in [5.74, 6) is 1.49. The summed E-state index contributed by atoms with van der Waals surface area (Å²) in [6.45, 7) is 18.1. The largest absolute Gasteiger partial charge is 0.466 e. The van der Waals surface area contributed by atoms with Crippen LogP contribution in [0.2, 0.25) is 0 Å². The van der Waals surface area contributed by atoms with Crippen LogP contribution in [0.15, 0.2) is 0 Å². The van der Waals surface area contributed by atoms with Crippen LogP contribution in [-0.4, -0.2) is 69.5 Å². The van der Waals surface area contributed by atoms with E-state index in [4.69, 9.17) is 19.7 Å². The van der Waals surface area contributed by atoms with Gasteiger partial charge in [-0.05, 0) is 61.8 Å². The summed E-state index contributed by atoms with van der Waals surface area (Å²) in [5.41, 5.74) is -0.549. The van der Waals surface area contributed by atoms with Crippen molar-refractivity contribution in [2.45, 2.75) is 116 Å². The van der Waals surface area contributed by atoms with Gasteiger partial charge in [-0.25, -0.2) is 0 Å². The lowest BCUT2D eigenvalue weighted by atomic mass is 9.75. The fraction of sp³-hybridized carbons (Fsp3) is 0.875. The second-order valence-electron chi connectivity index (χ2n) is 12.6. The quantitative estimate of drug-likeness (QED) is 0.721. The summed E-state index contributed by atoms with van der Waals surface area (Å²) >= 11 is 0. The fourth-order valence-corrected chi connectivity index (χ4v) is 6.54. The van der Waals surface area contributed by atoms with Gasteiger partial charge in [-0.3, -0.25) is 8.97 Å². The first kappa shape index (κ1) is 24.3. The van der Waals surface area contributed by atoms with E-state index in [1.807, 2.05) is 0 Å². The molecule has 0 bridgehead atoms. The number of aliphatic hydroxyl groups is 1. The van der Waals surface area contributed by atoms with Crippen molar-refractivity contribution in [3.8, 4) is 6.01 Å². The van der Waals surface area contributed by atoms with E-state index in [1.54, 1.807) is 7.11 Å². The number of aromatic nitrogens is 3. The molecule has 1 N–H and O–H groups in total. The lowest BCUT2D eigenvalue weighted by molar-refractivity contribution is -0.0633. The molecule has 3 rings (SSSR count). The Kier molecular flexibility index (Phi) is 5.57. The standard InChI is InChI=1S/C24H45N5O2/c1-21(2)13-12-14-22(3,4)28(21,9)18-25-19(27-20(26-18)31-11)29(10)23(5,6)15-17(30)16-24(29,7)8/h17,30H,12-16H2,1-11H3/q+2. The van der Waals surface area contributed by atoms with Gasteiger partial charge in [-0.1, -0.05) is 0 Å². The molecule has 2 fully saturated rings. The summed E-state index contributed by atoms with van der Waals surface area (Å²) < 4.78 is 6.78. The summed E-state index contributed by atoms with van der Waals surface area (Å²) in [6, 6.07) is 0.369. The van der Waals surface area contributed by atoms with Gasteiger partial charge in [0.25, 0.3) is 0 Å². The van der Waals surface area contributed by atoms with Crippen molar-refractivity contribution in [2.75, 3.05) is 21.2 Å². The van der Waals surface area contributed by atoms with Gasteiger partial charge in [0.1, 0.15) is 22.2 Å². The van der Waals surface area contributed by atoms with E-state index in [0.29, 0.717) is 27.8 Å². The molecule has 0 spiro atoms. The number of quaternary nitrogens is 2. The van der Waals surface area contributed by atoms with Crippen molar-refractivity contribution in [1.82, 2.24) is 23.9 Å². The monoisotopic (exact) mass is 435 g/mol. The number of likely N-dealkylation sites (tertiary alicyclic amines) is 2. The Morgan fingerprint density at radius 2 is 1.13 bits per heavy atom. The minimum atomic E-state index is -0.330. The minimum Gasteiger partial charge on any atom is -0.466 e. The summed E-state index contributed by atoms with van der Waals surface area (Å²) in [5, 5.41) is 10.6. The Balaban J connectivity index is 2.29. The summed E-state index contributed by atoms with van der Waals surface area (Å²) in [7, 11) is 6.11. The van der Waals surface area contributed by atoms with Crippen LogP contribution in [0.5, 0.6) is 6.01 Å². The van der Waals surface area contributed by atoms with Gasteiger partial charge >= 0.3 is 17.9 Å². The van der Waals surface area contributed by atoms with Crippen LogP contribution in [-0.2, 0) is 0 Å². The molecule has 1 aromatic heterocycles. The average Bonchev–Trinajstić information content (AvgIpc) is 2.62. The average molecular weight is 436 g/mol. The molecule has 3 heterocycles. The molecule has 2 aliphatic rings. The lowest BCUT2D eigenvalue weighted by Crippen LogP contribution is -2.76. The highest BCUT2D eigenvalue weighted by molar-refractivity contribution is 5.43. The van der Waals surface area contributed by atoms with Crippen LogP contribution < -0.4 is 13.7 Å². The number of hydrogen-bond donors (Lipinski definition) is 1. The molecular weight excluding hydrogens is 390 g/mol. The van der Waals surface area contributed by atoms with Crippen LogP contribution in [0.3, 0.4) is 0 Å². The number of nitrogens with zero attached hydrogens (tertiary/aromatic N) is 5. The molecule has 0 radical (unpaired) electrons. The molecule has 2 saturated heterocycles. The lowest BCUT2D eigenvalue weighted by Gasteiger charge is -2.59. The van der Waals surface area contributed by atoms with Crippen LogP contribution in [0.4, 0.5) is 11.9 Å². The zero-order valence-electron chi connectivity index (χ0n) is 21.7. The van der Waals surface area contributed by atoms with Crippen LogP contribution in [0.25, 0.3) is 0 Å². The predicted molar refractivity (Wildman–Crippen MR) is 127 cm³/mol. The van der Waals surface area contributed by atoms with Gasteiger partial charge in [0.2, 0.25) is 0 Å². The highest BCUT2D eigenvalue weighted by atomic mass is 16.5. The van der Waals surface area contributed by atoms with Gasteiger partial charge < -0.3 is 9.84 Å². The Bertz CT molecular complexity index is 812. The number of piperidine rings is 2. The topological polar surface area (TPSA) is 68.1 Å². The molecule has 2 aliphatic heterocycles. The number of methoxy groups -OCH3 is 1. The van der Waals surface area contributed by atoms with Crippen LogP contribution in [0, 0.1) is 0 Å². The van der Waals surface area contributed by atoms with E-state index in [1.165, 1.54) is 6.42 Å². The first-order chi connectivity index (χ1) is 14.0. The van der Waals surface area contributed by atoms with Gasteiger partial charge in [0.15, 0.2) is 0 Å². The molecule has 0 saturated carbocycles. The molecule has 0 atom stereocenters. The van der Waals surface area contributed by atoms with Crippen LogP contribution in [0.1, 0.15) is 87.5 Å². The van der Waals surface area contributed by atoms with Crippen molar-refractivity contribution in [2.24, 2.45) is 0 Å². The van der Waals surface area contributed by atoms with Gasteiger partial charge in [0, 0.05) is 25.7 Å². The molecule has 1 aromatic rings. The second kappa shape index (κ2) is 7.09. The number of aliphatic hydroxyl groups excluding tert-OH is 1. The Morgan fingerprint density at radius 1 is 0.742 bits per heavy atom. The molecule has 0 aromatic carbocycles. The Hall–Kier alpha value is -1.31. The third-order valence-corrected chi connectivity index (χ3v) is 9.46. The van der Waals surface area contributed by atoms with Crippen molar-refractivity contribution in [1.29, 1.82) is 0 Å². The van der Waals surface area contributed by atoms with Crippen molar-refractivity contribution in [3.63, 3.8) is 0 Å². The minimum absolute atomic E-state index is 0.0207. The number of hydrogen-bond acceptors (Lipinski definition) is 5. The second-order valence-corrected chi connectivity index (χ2v) is 12.6. The van der Waals surface area contributed by atoms with Gasteiger partial charge in [-0.15, -0.1) is 15.0 Å². The van der Waals surface area contributed by atoms with E-state index in [0.717, 1.165) is 24.7 Å². The summed E-state index contributed by atoms with van der Waals surface area (Å²) in [6.07, 6.45) is 4.49. The first-order valence-corrected chi connectivity index (χ1v) is 11.7. The fourth-order valence-electron chi connectivity index (χ4n) is 6.54. The van der Waals surface area contributed by atoms with E-state index in [-0.39, 0.29) is 28.3 Å². The van der Waals surface area contributed by atoms with Crippen LogP contribution >= 0.6 is 0 Å². The highest BCUT2D eigenvalue weighted by Crippen LogP contribution is 2.50. The van der Waals surface area contributed by atoms with E-state index in [9.17, 15) is 5.11 Å². The molecule has 7 heteroatoms. The van der Waals surface area contributed by atoms with Gasteiger partial charge in [0.05, 0.1) is 27.3 Å². The molecule has 0 aliphatic carbocycles.